The van der Waals surface area contributed by atoms with Crippen LogP contribution in [0.3, 0.4) is 0 Å². The standard InChI is InChI=1S/C27H24ClN3O2/c1-17-7-11-19(12-8-17)24-23-25(30-29-24)27(32)31(26(23)21-5-3-4-6-22(21)28)16-15-18-9-13-20(33-2)14-10-18/h3-14,26H,15-16H2,1-2H3,(H,29,30). The molecule has 1 amide bonds. The van der Waals surface area contributed by atoms with Gasteiger partial charge in [0.1, 0.15) is 11.4 Å². The Balaban J connectivity index is 1.54. The highest BCUT2D eigenvalue weighted by atomic mass is 35.5. The van der Waals surface area contributed by atoms with E-state index >= 15 is 0 Å². The SMILES string of the molecule is COc1ccc(CCN2C(=O)c3[nH]nc(-c4ccc(C)cc4)c3C2c2ccccc2Cl)cc1. The van der Waals surface area contributed by atoms with Crippen LogP contribution in [-0.4, -0.2) is 34.7 Å². The summed E-state index contributed by atoms with van der Waals surface area (Å²) in [6.45, 7) is 2.60. The van der Waals surface area contributed by atoms with Crippen LogP contribution in [0.15, 0.2) is 72.8 Å². The number of amides is 1. The van der Waals surface area contributed by atoms with Crippen molar-refractivity contribution >= 4 is 17.5 Å². The Labute approximate surface area is 198 Å². The first-order chi connectivity index (χ1) is 16.1. The van der Waals surface area contributed by atoms with Gasteiger partial charge in [0.25, 0.3) is 5.91 Å². The molecule has 1 aliphatic rings. The second-order valence-electron chi connectivity index (χ2n) is 8.25. The second kappa shape index (κ2) is 8.75. The molecule has 3 aromatic carbocycles. The zero-order chi connectivity index (χ0) is 22.9. The number of methoxy groups -OCH3 is 1. The molecule has 1 atom stereocenters. The van der Waals surface area contributed by atoms with Crippen molar-refractivity contribution in [1.82, 2.24) is 15.1 Å². The maximum absolute atomic E-state index is 13.5. The van der Waals surface area contributed by atoms with E-state index in [1.54, 1.807) is 7.11 Å². The Hall–Kier alpha value is -3.57. The van der Waals surface area contributed by atoms with Crippen LogP contribution in [0, 0.1) is 6.92 Å². The number of carbonyl (C=O) groups is 1. The summed E-state index contributed by atoms with van der Waals surface area (Å²) in [6, 6.07) is 23.5. The summed E-state index contributed by atoms with van der Waals surface area (Å²) in [5.41, 5.74) is 6.38. The van der Waals surface area contributed by atoms with E-state index in [1.165, 1.54) is 5.56 Å². The van der Waals surface area contributed by atoms with Gasteiger partial charge in [0.05, 0.1) is 18.8 Å². The zero-order valence-corrected chi connectivity index (χ0v) is 19.3. The third-order valence-corrected chi connectivity index (χ3v) is 6.53. The molecule has 2 heterocycles. The highest BCUT2D eigenvalue weighted by Crippen LogP contribution is 2.44. The molecule has 4 aromatic rings. The summed E-state index contributed by atoms with van der Waals surface area (Å²) in [7, 11) is 1.65. The minimum Gasteiger partial charge on any atom is -0.497 e. The molecule has 0 spiro atoms. The van der Waals surface area contributed by atoms with Crippen LogP contribution in [-0.2, 0) is 6.42 Å². The molecule has 0 bridgehead atoms. The largest absolute Gasteiger partial charge is 0.497 e. The number of rotatable bonds is 6. The summed E-state index contributed by atoms with van der Waals surface area (Å²) in [5.74, 6) is 0.753. The van der Waals surface area contributed by atoms with E-state index in [9.17, 15) is 4.79 Å². The van der Waals surface area contributed by atoms with Gasteiger partial charge < -0.3 is 9.64 Å². The first kappa shape index (κ1) is 21.3. The predicted molar refractivity (Wildman–Crippen MR) is 130 cm³/mol. The van der Waals surface area contributed by atoms with E-state index in [0.29, 0.717) is 23.7 Å². The van der Waals surface area contributed by atoms with E-state index < -0.39 is 0 Å². The van der Waals surface area contributed by atoms with Gasteiger partial charge in [0, 0.05) is 22.7 Å². The minimum absolute atomic E-state index is 0.0608. The third kappa shape index (κ3) is 3.89. The van der Waals surface area contributed by atoms with Gasteiger partial charge in [-0.3, -0.25) is 9.89 Å². The van der Waals surface area contributed by atoms with Crippen molar-refractivity contribution in [1.29, 1.82) is 0 Å². The summed E-state index contributed by atoms with van der Waals surface area (Å²) in [5, 5.41) is 8.18. The molecule has 1 aromatic heterocycles. The van der Waals surface area contributed by atoms with Gasteiger partial charge in [-0.15, -0.1) is 0 Å². The van der Waals surface area contributed by atoms with Crippen molar-refractivity contribution in [3.63, 3.8) is 0 Å². The molecule has 0 radical (unpaired) electrons. The number of nitrogens with zero attached hydrogens (tertiary/aromatic N) is 2. The Morgan fingerprint density at radius 1 is 1.03 bits per heavy atom. The van der Waals surface area contributed by atoms with Gasteiger partial charge in [0.15, 0.2) is 0 Å². The maximum atomic E-state index is 13.5. The van der Waals surface area contributed by atoms with Crippen molar-refractivity contribution in [3.8, 4) is 17.0 Å². The van der Waals surface area contributed by atoms with E-state index in [4.69, 9.17) is 16.3 Å². The van der Waals surface area contributed by atoms with Crippen LogP contribution >= 0.6 is 11.6 Å². The average molecular weight is 458 g/mol. The first-order valence-corrected chi connectivity index (χ1v) is 11.3. The van der Waals surface area contributed by atoms with E-state index in [2.05, 4.69) is 29.3 Å². The van der Waals surface area contributed by atoms with Crippen LogP contribution in [0.2, 0.25) is 5.02 Å². The lowest BCUT2D eigenvalue weighted by molar-refractivity contribution is 0.0746. The van der Waals surface area contributed by atoms with Crippen LogP contribution < -0.4 is 4.74 Å². The number of aryl methyl sites for hydroxylation is 1. The Morgan fingerprint density at radius 3 is 2.45 bits per heavy atom. The number of carbonyl (C=O) groups excluding carboxylic acids is 1. The van der Waals surface area contributed by atoms with Crippen molar-refractivity contribution < 1.29 is 9.53 Å². The first-order valence-electron chi connectivity index (χ1n) is 10.9. The lowest BCUT2D eigenvalue weighted by Crippen LogP contribution is -2.31. The molecular formula is C27H24ClN3O2. The van der Waals surface area contributed by atoms with Crippen LogP contribution in [0.4, 0.5) is 0 Å². The maximum Gasteiger partial charge on any atom is 0.273 e. The Kier molecular flexibility index (Phi) is 5.65. The second-order valence-corrected chi connectivity index (χ2v) is 8.65. The minimum atomic E-state index is -0.311. The molecule has 1 unspecified atom stereocenters. The van der Waals surface area contributed by atoms with Gasteiger partial charge in [-0.25, -0.2) is 0 Å². The fourth-order valence-electron chi connectivity index (χ4n) is 4.42. The van der Waals surface area contributed by atoms with Crippen molar-refractivity contribution in [2.45, 2.75) is 19.4 Å². The van der Waals surface area contributed by atoms with Gasteiger partial charge in [-0.1, -0.05) is 71.8 Å². The number of halogens is 1. The zero-order valence-electron chi connectivity index (χ0n) is 18.5. The highest BCUT2D eigenvalue weighted by molar-refractivity contribution is 6.31. The van der Waals surface area contributed by atoms with Gasteiger partial charge in [-0.05, 0) is 42.7 Å². The van der Waals surface area contributed by atoms with Crippen molar-refractivity contribution in [2.24, 2.45) is 0 Å². The quantitative estimate of drug-likeness (QED) is 0.396. The fraction of sp³-hybridized carbons (Fsp3) is 0.185. The van der Waals surface area contributed by atoms with Gasteiger partial charge in [-0.2, -0.15) is 5.10 Å². The van der Waals surface area contributed by atoms with E-state index in [0.717, 1.165) is 33.7 Å². The number of aromatic nitrogens is 2. The van der Waals surface area contributed by atoms with Crippen LogP contribution in [0.25, 0.3) is 11.3 Å². The molecule has 0 saturated heterocycles. The molecule has 1 aliphatic heterocycles. The van der Waals surface area contributed by atoms with Crippen LogP contribution in [0.5, 0.6) is 5.75 Å². The number of hydrogen-bond acceptors (Lipinski definition) is 3. The summed E-state index contributed by atoms with van der Waals surface area (Å²) >= 11 is 6.64. The Morgan fingerprint density at radius 2 is 1.76 bits per heavy atom. The smallest absolute Gasteiger partial charge is 0.273 e. The molecule has 166 valence electrons. The number of nitrogens with one attached hydrogen (secondary N) is 1. The van der Waals surface area contributed by atoms with Crippen LogP contribution in [0.1, 0.15) is 38.8 Å². The summed E-state index contributed by atoms with van der Waals surface area (Å²) < 4.78 is 5.26. The molecule has 33 heavy (non-hydrogen) atoms. The Bertz CT molecular complexity index is 1300. The number of benzene rings is 3. The monoisotopic (exact) mass is 457 g/mol. The van der Waals surface area contributed by atoms with E-state index in [-0.39, 0.29) is 11.9 Å². The van der Waals surface area contributed by atoms with Gasteiger partial charge in [0.2, 0.25) is 0 Å². The summed E-state index contributed by atoms with van der Waals surface area (Å²) in [6.07, 6.45) is 0.717. The van der Waals surface area contributed by atoms with E-state index in [1.807, 2.05) is 65.6 Å². The fourth-order valence-corrected chi connectivity index (χ4v) is 4.66. The number of ether oxygens (including phenoxy) is 1. The number of hydrogen-bond donors (Lipinski definition) is 1. The number of aromatic amines is 1. The lowest BCUT2D eigenvalue weighted by atomic mass is 9.95. The molecule has 5 nitrogen and oxygen atoms in total. The molecule has 5 rings (SSSR count). The molecule has 1 N–H and O–H groups in total. The average Bonchev–Trinajstić information content (AvgIpc) is 3.38. The molecule has 0 fully saturated rings. The topological polar surface area (TPSA) is 58.2 Å². The van der Waals surface area contributed by atoms with Crippen molar-refractivity contribution in [2.75, 3.05) is 13.7 Å². The van der Waals surface area contributed by atoms with Gasteiger partial charge >= 0.3 is 0 Å². The summed E-state index contributed by atoms with van der Waals surface area (Å²) in [4.78, 5) is 15.4. The predicted octanol–water partition coefficient (Wildman–Crippen LogP) is 5.84. The lowest BCUT2D eigenvalue weighted by Gasteiger charge is -2.27. The number of H-pyrrole nitrogens is 1. The molecule has 6 heteroatoms. The van der Waals surface area contributed by atoms with Crippen molar-refractivity contribution in [3.05, 3.63) is 106 Å². The highest BCUT2D eigenvalue weighted by Gasteiger charge is 2.42. The molecule has 0 saturated carbocycles. The number of fused-ring (bicyclic) bond motifs is 1. The third-order valence-electron chi connectivity index (χ3n) is 6.19. The molecular weight excluding hydrogens is 434 g/mol. The molecule has 0 aliphatic carbocycles. The normalized spacial score (nSPS) is 15.1.